The Morgan fingerprint density at radius 2 is 1.72 bits per heavy atom. The molecule has 1 atom stereocenters. The Morgan fingerprint density at radius 1 is 1.14 bits per heavy atom. The Bertz CT molecular complexity index is 840. The highest BCUT2D eigenvalue weighted by Gasteiger charge is 2.27. The van der Waals surface area contributed by atoms with Gasteiger partial charge in [-0.15, -0.1) is 11.8 Å². The quantitative estimate of drug-likeness (QED) is 0.696. The van der Waals surface area contributed by atoms with Gasteiger partial charge in [-0.3, -0.25) is 0 Å². The largest absolute Gasteiger partial charge is 0.507 e. The predicted molar refractivity (Wildman–Crippen MR) is 122 cm³/mol. The molecule has 0 aliphatic carbocycles. The fourth-order valence-corrected chi connectivity index (χ4v) is 4.48. The molecule has 6 heteroatoms. The third kappa shape index (κ3) is 5.17. The fourth-order valence-electron chi connectivity index (χ4n) is 3.45. The van der Waals surface area contributed by atoms with Crippen LogP contribution >= 0.6 is 11.8 Å². The number of aromatic nitrogens is 2. The van der Waals surface area contributed by atoms with E-state index in [0.29, 0.717) is 11.8 Å². The fraction of sp³-hybridized carbons (Fsp3) is 0.522. The van der Waals surface area contributed by atoms with Crippen molar-refractivity contribution >= 4 is 17.8 Å². The summed E-state index contributed by atoms with van der Waals surface area (Å²) in [7, 11) is 0. The van der Waals surface area contributed by atoms with E-state index in [2.05, 4.69) is 87.7 Å². The van der Waals surface area contributed by atoms with Crippen LogP contribution in [-0.4, -0.2) is 37.2 Å². The van der Waals surface area contributed by atoms with Crippen LogP contribution in [-0.2, 0) is 17.4 Å². The maximum Gasteiger partial charge on any atom is 0.123 e. The van der Waals surface area contributed by atoms with Gasteiger partial charge in [0, 0.05) is 34.0 Å². The summed E-state index contributed by atoms with van der Waals surface area (Å²) in [5.41, 5.74) is 4.07. The van der Waals surface area contributed by atoms with Gasteiger partial charge >= 0.3 is 0 Å². The van der Waals surface area contributed by atoms with Crippen molar-refractivity contribution in [2.24, 2.45) is 0 Å². The van der Waals surface area contributed by atoms with Crippen molar-refractivity contribution in [2.45, 2.75) is 76.8 Å². The number of nitrogens with one attached hydrogen (secondary N) is 1. The monoisotopic (exact) mass is 417 g/mol. The van der Waals surface area contributed by atoms with Crippen molar-refractivity contribution in [3.05, 3.63) is 47.2 Å². The molecule has 2 heterocycles. The molecule has 0 saturated carbocycles. The smallest absolute Gasteiger partial charge is 0.123 e. The van der Waals surface area contributed by atoms with E-state index >= 15 is 0 Å². The molecule has 4 N–H and O–H groups in total. The van der Waals surface area contributed by atoms with Gasteiger partial charge in [0.2, 0.25) is 0 Å². The van der Waals surface area contributed by atoms with Crippen LogP contribution in [0.2, 0.25) is 0 Å². The highest BCUT2D eigenvalue weighted by atomic mass is 32.2. The molecule has 0 spiro atoms. The molecule has 1 aromatic carbocycles. The number of phenolic OH excluding ortho intramolecular Hbond substituents is 1. The Morgan fingerprint density at radius 3 is 2.28 bits per heavy atom. The number of phenols is 1. The Hall–Kier alpha value is -1.92. The van der Waals surface area contributed by atoms with Gasteiger partial charge in [0.15, 0.2) is 0 Å². The lowest BCUT2D eigenvalue weighted by atomic mass is 9.79. The number of thioether (sulfide) groups is 1. The third-order valence-electron chi connectivity index (χ3n) is 5.27. The molecule has 5 nitrogen and oxygen atoms in total. The number of aromatic hydroxyl groups is 1. The molecule has 1 aliphatic heterocycles. The second-order valence-electron chi connectivity index (χ2n) is 9.78. The van der Waals surface area contributed by atoms with Crippen molar-refractivity contribution in [3.8, 4) is 5.75 Å². The average Bonchev–Trinajstić information content (AvgIpc) is 3.06. The van der Waals surface area contributed by atoms with Gasteiger partial charge in [-0.2, -0.15) is 0 Å². The third-order valence-corrected chi connectivity index (χ3v) is 6.49. The molecular formula is C23H35N3O2S. The Labute approximate surface area is 178 Å². The number of hydrogen-bond acceptors (Lipinski definition) is 4. The summed E-state index contributed by atoms with van der Waals surface area (Å²) in [4.78, 5) is 11.1. The maximum atomic E-state index is 10.9. The minimum Gasteiger partial charge on any atom is -0.507 e. The minimum absolute atomic E-state index is 0. The second kappa shape index (κ2) is 8.44. The van der Waals surface area contributed by atoms with E-state index in [4.69, 9.17) is 0 Å². The number of hydrogen-bond donors (Lipinski definition) is 2. The standard InChI is InChI=1S/C23H33N3OS.H2O/c1-15(26-9-8-19-20(12-26)25-14-24-19)13-28-16-10-17(22(2,3)4)21(27)18(11-16)23(5,6)7;/h8-11,14-15,27H,12-13H2,1-7H3,(H,24,25);1H2. The summed E-state index contributed by atoms with van der Waals surface area (Å²) >= 11 is 1.86. The van der Waals surface area contributed by atoms with Crippen LogP contribution in [0.3, 0.4) is 0 Å². The van der Waals surface area contributed by atoms with E-state index < -0.39 is 0 Å². The molecule has 1 unspecified atom stereocenters. The lowest BCUT2D eigenvalue weighted by molar-refractivity contribution is 0.302. The molecule has 2 aromatic rings. The first kappa shape index (κ1) is 23.4. The van der Waals surface area contributed by atoms with E-state index in [1.54, 1.807) is 6.33 Å². The second-order valence-corrected chi connectivity index (χ2v) is 10.9. The summed E-state index contributed by atoms with van der Waals surface area (Å²) < 4.78 is 0. The first-order chi connectivity index (χ1) is 13.0. The van der Waals surface area contributed by atoms with Crippen molar-refractivity contribution in [1.82, 2.24) is 14.9 Å². The normalized spacial score (nSPS) is 15.1. The SMILES string of the molecule is CC(CSc1cc(C(C)(C)C)c(O)c(C(C)(C)C)c1)N1C=Cc2nc[nH]c2C1.O. The van der Waals surface area contributed by atoms with Crippen LogP contribution in [0.25, 0.3) is 6.08 Å². The van der Waals surface area contributed by atoms with Gasteiger partial charge in [0.05, 0.1) is 24.3 Å². The minimum atomic E-state index is -0.0983. The zero-order valence-corrected chi connectivity index (χ0v) is 19.4. The summed E-state index contributed by atoms with van der Waals surface area (Å²) in [5.74, 6) is 1.43. The van der Waals surface area contributed by atoms with E-state index in [-0.39, 0.29) is 16.3 Å². The van der Waals surface area contributed by atoms with Gasteiger partial charge in [-0.05, 0) is 36.0 Å². The number of rotatable bonds is 4. The predicted octanol–water partition coefficient (Wildman–Crippen LogP) is 4.85. The van der Waals surface area contributed by atoms with Gasteiger partial charge in [-0.1, -0.05) is 41.5 Å². The molecule has 1 aliphatic rings. The van der Waals surface area contributed by atoms with Gasteiger partial charge in [0.25, 0.3) is 0 Å². The summed E-state index contributed by atoms with van der Waals surface area (Å²) in [6, 6.07) is 4.73. The molecular weight excluding hydrogens is 382 g/mol. The summed E-state index contributed by atoms with van der Waals surface area (Å²) in [5, 5.41) is 10.9. The first-order valence-corrected chi connectivity index (χ1v) is 10.9. The number of H-pyrrole nitrogens is 1. The zero-order valence-electron chi connectivity index (χ0n) is 18.6. The van der Waals surface area contributed by atoms with Crippen molar-refractivity contribution < 1.29 is 10.6 Å². The highest BCUT2D eigenvalue weighted by Crippen LogP contribution is 2.42. The number of nitrogens with zero attached hydrogens (tertiary/aromatic N) is 2. The number of benzene rings is 1. The molecule has 0 bridgehead atoms. The molecule has 3 rings (SSSR count). The maximum absolute atomic E-state index is 10.9. The van der Waals surface area contributed by atoms with Crippen LogP contribution in [0.4, 0.5) is 0 Å². The van der Waals surface area contributed by atoms with Crippen LogP contribution in [0, 0.1) is 0 Å². The van der Waals surface area contributed by atoms with Crippen molar-refractivity contribution in [1.29, 1.82) is 0 Å². The molecule has 0 fully saturated rings. The van der Waals surface area contributed by atoms with Gasteiger partial charge < -0.3 is 20.5 Å². The molecule has 0 radical (unpaired) electrons. The van der Waals surface area contributed by atoms with E-state index in [1.807, 2.05) is 11.8 Å². The van der Waals surface area contributed by atoms with Crippen LogP contribution in [0.15, 0.2) is 29.6 Å². The van der Waals surface area contributed by atoms with Crippen LogP contribution in [0.1, 0.15) is 71.0 Å². The van der Waals surface area contributed by atoms with E-state index in [9.17, 15) is 5.11 Å². The Kier molecular flexibility index (Phi) is 6.80. The van der Waals surface area contributed by atoms with E-state index in [1.165, 1.54) is 10.6 Å². The summed E-state index contributed by atoms with van der Waals surface area (Å²) in [6.45, 7) is 16.1. The van der Waals surface area contributed by atoms with Gasteiger partial charge in [-0.25, -0.2) is 4.98 Å². The average molecular weight is 418 g/mol. The van der Waals surface area contributed by atoms with Crippen molar-refractivity contribution in [2.75, 3.05) is 5.75 Å². The lowest BCUT2D eigenvalue weighted by Gasteiger charge is -2.30. The van der Waals surface area contributed by atoms with Gasteiger partial charge in [0.1, 0.15) is 5.75 Å². The number of fused-ring (bicyclic) bond motifs is 1. The molecule has 0 saturated heterocycles. The topological polar surface area (TPSA) is 83.7 Å². The van der Waals surface area contributed by atoms with E-state index in [0.717, 1.165) is 29.1 Å². The molecule has 29 heavy (non-hydrogen) atoms. The Balaban J connectivity index is 0.00000300. The zero-order chi connectivity index (χ0) is 20.7. The molecule has 0 amide bonds. The number of aromatic amines is 1. The first-order valence-electron chi connectivity index (χ1n) is 9.94. The van der Waals surface area contributed by atoms with Crippen LogP contribution in [0.5, 0.6) is 5.75 Å². The molecule has 160 valence electrons. The number of imidazole rings is 1. The molecule has 1 aromatic heterocycles. The summed E-state index contributed by atoms with van der Waals surface area (Å²) in [6.07, 6.45) is 5.98. The lowest BCUT2D eigenvalue weighted by Crippen LogP contribution is -2.31. The highest BCUT2D eigenvalue weighted by molar-refractivity contribution is 7.99. The van der Waals surface area contributed by atoms with Crippen LogP contribution < -0.4 is 0 Å². The van der Waals surface area contributed by atoms with Crippen molar-refractivity contribution in [3.63, 3.8) is 0 Å².